The highest BCUT2D eigenvalue weighted by Gasteiger charge is 2.71. The Balaban J connectivity index is 1.32. The number of ketones is 1. The van der Waals surface area contributed by atoms with Crippen LogP contribution in [0.4, 0.5) is 0 Å². The summed E-state index contributed by atoms with van der Waals surface area (Å²) in [6.07, 6.45) is 4.42. The van der Waals surface area contributed by atoms with E-state index in [4.69, 9.17) is 9.47 Å². The van der Waals surface area contributed by atoms with Crippen molar-refractivity contribution in [2.24, 2.45) is 46.3 Å². The van der Waals surface area contributed by atoms with E-state index in [2.05, 4.69) is 6.92 Å². The molecule has 2 bridgehead atoms. The lowest BCUT2D eigenvalue weighted by Crippen LogP contribution is -2.71. The minimum absolute atomic E-state index is 0.00146. The number of esters is 1. The van der Waals surface area contributed by atoms with Gasteiger partial charge in [0.15, 0.2) is 5.78 Å². The first-order chi connectivity index (χ1) is 16.9. The average Bonchev–Trinajstić information content (AvgIpc) is 3.17. The number of ether oxygens (including phenoxy) is 2. The summed E-state index contributed by atoms with van der Waals surface area (Å²) >= 11 is 0. The minimum Gasteiger partial charge on any atom is -0.461 e. The second-order valence-corrected chi connectivity index (χ2v) is 13.2. The summed E-state index contributed by atoms with van der Waals surface area (Å²) < 4.78 is 12.1. The van der Waals surface area contributed by atoms with Crippen molar-refractivity contribution in [2.45, 2.75) is 88.8 Å². The number of rotatable bonds is 2. The van der Waals surface area contributed by atoms with Crippen molar-refractivity contribution in [1.29, 1.82) is 0 Å². The summed E-state index contributed by atoms with van der Waals surface area (Å²) in [5, 5.41) is 44.3. The number of hydrogen-bond acceptors (Lipinski definition) is 8. The fraction of sp³-hybridized carbons (Fsp3) is 0.857. The van der Waals surface area contributed by atoms with Crippen LogP contribution in [-0.2, 0) is 19.1 Å². The number of fused-ring (bicyclic) bond motifs is 7. The topological polar surface area (TPSA) is 134 Å². The molecule has 6 aliphatic rings. The van der Waals surface area contributed by atoms with Gasteiger partial charge in [-0.05, 0) is 81.1 Å². The van der Waals surface area contributed by atoms with Crippen molar-refractivity contribution in [2.75, 3.05) is 13.2 Å². The molecule has 5 fully saturated rings. The normalized spacial score (nSPS) is 58.0. The van der Waals surface area contributed by atoms with Gasteiger partial charge in [0.2, 0.25) is 0 Å². The molecule has 0 aromatic carbocycles. The van der Waals surface area contributed by atoms with E-state index in [0.29, 0.717) is 25.9 Å². The summed E-state index contributed by atoms with van der Waals surface area (Å²) in [6, 6.07) is 0. The summed E-state index contributed by atoms with van der Waals surface area (Å²) in [5.74, 6) is -1.43. The Bertz CT molecular complexity index is 996. The molecule has 2 saturated heterocycles. The highest BCUT2D eigenvalue weighted by molar-refractivity contribution is 5.97. The number of aliphatic hydroxyl groups excluding tert-OH is 3. The molecule has 36 heavy (non-hydrogen) atoms. The lowest BCUT2D eigenvalue weighted by Gasteiger charge is -2.64. The summed E-state index contributed by atoms with van der Waals surface area (Å²) in [7, 11) is 0. The fourth-order valence-corrected chi connectivity index (χ4v) is 9.92. The second kappa shape index (κ2) is 7.85. The van der Waals surface area contributed by atoms with E-state index < -0.39 is 46.1 Å². The SMILES string of the molecule is C[C@]12[C@H](O)C[C@H]3[C@@H](C[C@@H](O)[C@@]4(O)CC=CC(=O)[C@]34C)[C@@H]1CC[C@@H]2[C@@H]1CO[C@]2(C)C[C@H]1OC(=O)[C@H]2CO. The zero-order valence-electron chi connectivity index (χ0n) is 21.4. The van der Waals surface area contributed by atoms with Crippen LogP contribution in [0.1, 0.15) is 59.3 Å². The molecule has 2 aliphatic heterocycles. The summed E-state index contributed by atoms with van der Waals surface area (Å²) in [5.41, 5.74) is -3.89. The minimum atomic E-state index is -1.52. The second-order valence-electron chi connectivity index (χ2n) is 13.2. The molecule has 4 N–H and O–H groups in total. The molecule has 8 heteroatoms. The number of carbonyl (C=O) groups is 2. The number of carbonyl (C=O) groups excluding carboxylic acids is 2. The van der Waals surface area contributed by atoms with E-state index in [9.17, 15) is 30.0 Å². The largest absolute Gasteiger partial charge is 0.461 e. The van der Waals surface area contributed by atoms with Crippen LogP contribution in [0.15, 0.2) is 12.2 Å². The smallest absolute Gasteiger partial charge is 0.314 e. The summed E-state index contributed by atoms with van der Waals surface area (Å²) in [4.78, 5) is 25.9. The molecular weight excluding hydrogens is 464 g/mol. The van der Waals surface area contributed by atoms with Gasteiger partial charge in [-0.1, -0.05) is 13.0 Å². The van der Waals surface area contributed by atoms with Gasteiger partial charge in [0.05, 0.1) is 36.4 Å². The van der Waals surface area contributed by atoms with Gasteiger partial charge in [-0.3, -0.25) is 9.59 Å². The zero-order valence-corrected chi connectivity index (χ0v) is 21.4. The molecule has 3 saturated carbocycles. The van der Waals surface area contributed by atoms with Crippen molar-refractivity contribution in [3.8, 4) is 0 Å². The van der Waals surface area contributed by atoms with E-state index in [0.717, 1.165) is 12.8 Å². The molecule has 6 rings (SSSR count). The highest BCUT2D eigenvalue weighted by atomic mass is 16.6. The first-order valence-electron chi connectivity index (χ1n) is 13.7. The van der Waals surface area contributed by atoms with Crippen molar-refractivity contribution in [1.82, 2.24) is 0 Å². The van der Waals surface area contributed by atoms with E-state index in [1.807, 2.05) is 6.92 Å². The van der Waals surface area contributed by atoms with Gasteiger partial charge in [-0.25, -0.2) is 0 Å². The van der Waals surface area contributed by atoms with Crippen molar-refractivity contribution in [3.63, 3.8) is 0 Å². The van der Waals surface area contributed by atoms with Gasteiger partial charge >= 0.3 is 5.97 Å². The zero-order chi connectivity index (χ0) is 25.8. The van der Waals surface area contributed by atoms with Crippen LogP contribution in [0.3, 0.4) is 0 Å². The quantitative estimate of drug-likeness (QED) is 0.415. The van der Waals surface area contributed by atoms with E-state index in [1.165, 1.54) is 6.08 Å². The predicted molar refractivity (Wildman–Crippen MR) is 127 cm³/mol. The monoisotopic (exact) mass is 504 g/mol. The lowest BCUT2D eigenvalue weighted by atomic mass is 9.42. The Labute approximate surface area is 212 Å². The third-order valence-electron chi connectivity index (χ3n) is 12.2. The molecule has 8 nitrogen and oxygen atoms in total. The van der Waals surface area contributed by atoms with Crippen LogP contribution in [-0.4, -0.2) is 74.9 Å². The van der Waals surface area contributed by atoms with E-state index in [1.54, 1.807) is 13.0 Å². The molecule has 2 heterocycles. The molecule has 0 spiro atoms. The van der Waals surface area contributed by atoms with Crippen molar-refractivity contribution < 1.29 is 39.5 Å². The highest BCUT2D eigenvalue weighted by Crippen LogP contribution is 2.68. The van der Waals surface area contributed by atoms with Crippen LogP contribution in [0.25, 0.3) is 0 Å². The standard InChI is InChI=1S/C28H40O8/c1-25-11-20(36-24(33)19(25)12-29)15(13-35-25)17-7-6-16-14-9-23(32)28(34)8-4-5-21(30)27(28,3)18(14)10-22(31)26(16,17)2/h4-5,14-20,22-23,29,31-32,34H,6-13H2,1-3H3/t14-,15-,16-,17+,18-,19+,20+,22+,23+,25+,26-,27-,28-/m0/s1. The molecule has 0 radical (unpaired) electrons. The molecular formula is C28H40O8. The molecule has 200 valence electrons. The van der Waals surface area contributed by atoms with Crippen molar-refractivity contribution in [3.05, 3.63) is 12.2 Å². The Morgan fingerprint density at radius 1 is 1.00 bits per heavy atom. The van der Waals surface area contributed by atoms with Crippen LogP contribution in [0, 0.1) is 46.3 Å². The maximum atomic E-state index is 13.3. The van der Waals surface area contributed by atoms with Crippen LogP contribution in [0.2, 0.25) is 0 Å². The fourth-order valence-electron chi connectivity index (χ4n) is 9.92. The third kappa shape index (κ3) is 2.88. The molecule has 13 atom stereocenters. The Kier molecular flexibility index (Phi) is 5.45. The van der Waals surface area contributed by atoms with E-state index in [-0.39, 0.29) is 54.5 Å². The van der Waals surface area contributed by atoms with Crippen molar-refractivity contribution >= 4 is 11.8 Å². The van der Waals surface area contributed by atoms with Gasteiger partial charge in [0.25, 0.3) is 0 Å². The van der Waals surface area contributed by atoms with Gasteiger partial charge in [-0.2, -0.15) is 0 Å². The molecule has 0 amide bonds. The molecule has 4 aliphatic carbocycles. The Morgan fingerprint density at radius 2 is 1.69 bits per heavy atom. The molecule has 0 aromatic heterocycles. The maximum Gasteiger partial charge on any atom is 0.314 e. The predicted octanol–water partition coefficient (Wildman–Crippen LogP) is 1.38. The molecule has 0 aromatic rings. The Morgan fingerprint density at radius 3 is 2.39 bits per heavy atom. The first kappa shape index (κ1) is 25.0. The number of allylic oxidation sites excluding steroid dienone is 1. The van der Waals surface area contributed by atoms with Gasteiger partial charge in [0, 0.05) is 12.3 Å². The van der Waals surface area contributed by atoms with Crippen LogP contribution >= 0.6 is 0 Å². The lowest BCUT2D eigenvalue weighted by molar-refractivity contribution is -0.257. The van der Waals surface area contributed by atoms with Crippen LogP contribution in [0.5, 0.6) is 0 Å². The van der Waals surface area contributed by atoms with Crippen LogP contribution < -0.4 is 0 Å². The van der Waals surface area contributed by atoms with E-state index >= 15 is 0 Å². The maximum absolute atomic E-state index is 13.3. The van der Waals surface area contributed by atoms with Gasteiger partial charge in [-0.15, -0.1) is 0 Å². The van der Waals surface area contributed by atoms with Gasteiger partial charge < -0.3 is 29.9 Å². The average molecular weight is 505 g/mol. The Hall–Kier alpha value is -1.32. The summed E-state index contributed by atoms with van der Waals surface area (Å²) in [6.45, 7) is 5.89. The third-order valence-corrected chi connectivity index (χ3v) is 12.2. The number of aliphatic hydroxyl groups is 4. The van der Waals surface area contributed by atoms with Gasteiger partial charge in [0.1, 0.15) is 17.6 Å². The number of hydrogen-bond donors (Lipinski definition) is 4. The first-order valence-corrected chi connectivity index (χ1v) is 13.7. The molecule has 0 unspecified atom stereocenters.